The first kappa shape index (κ1) is 21.9. The van der Waals surface area contributed by atoms with Crippen molar-refractivity contribution in [1.29, 1.82) is 0 Å². The lowest BCUT2D eigenvalue weighted by Gasteiger charge is -2.42. The summed E-state index contributed by atoms with van der Waals surface area (Å²) >= 11 is 20.3. The lowest BCUT2D eigenvalue weighted by atomic mass is 10.1. The van der Waals surface area contributed by atoms with Gasteiger partial charge in [0.05, 0.1) is 23.1 Å². The molecule has 1 aliphatic heterocycles. The molecular weight excluding hydrogens is 553 g/mol. The summed E-state index contributed by atoms with van der Waals surface area (Å²) in [5.74, 6) is -0.248. The molecule has 1 aliphatic rings. The molecule has 0 radical (unpaired) electrons. The first-order chi connectivity index (χ1) is 13.4. The Morgan fingerprint density at radius 1 is 1.21 bits per heavy atom. The number of alkyl halides is 2. The second-order valence-electron chi connectivity index (χ2n) is 6.19. The normalized spacial score (nSPS) is 17.1. The molecule has 0 unspecified atom stereocenters. The highest BCUT2D eigenvalue weighted by atomic mass is 79.9. The molecule has 1 fully saturated rings. The monoisotopic (exact) mass is 567 g/mol. The van der Waals surface area contributed by atoms with Crippen LogP contribution in [0.25, 0.3) is 0 Å². The minimum Gasteiger partial charge on any atom is -0.356 e. The zero-order chi connectivity index (χ0) is 20.3. The molecule has 2 amide bonds. The van der Waals surface area contributed by atoms with Crippen molar-refractivity contribution in [2.75, 3.05) is 24.5 Å². The van der Waals surface area contributed by atoms with Gasteiger partial charge in [0, 0.05) is 23.7 Å². The summed E-state index contributed by atoms with van der Waals surface area (Å²) in [5, 5.41) is 5.83. The van der Waals surface area contributed by atoms with E-state index in [0.29, 0.717) is 29.7 Å². The number of halogens is 4. The van der Waals surface area contributed by atoms with Gasteiger partial charge in [-0.15, -0.1) is 11.3 Å². The van der Waals surface area contributed by atoms with Gasteiger partial charge in [-0.3, -0.25) is 9.59 Å². The maximum atomic E-state index is 13.0. The fraction of sp³-hybridized carbons (Fsp3) is 0.333. The SMILES string of the molecule is O=C(NCc1cccs1)[C@@H]1CN(C(=O)C(Br)Br)CCN1c1ccc(Cl)c(Cl)c1. The molecular formula is C18H17Br2Cl2N3O2S. The van der Waals surface area contributed by atoms with E-state index >= 15 is 0 Å². The molecule has 1 aromatic heterocycles. The van der Waals surface area contributed by atoms with Crippen LogP contribution in [-0.2, 0) is 16.1 Å². The maximum absolute atomic E-state index is 13.0. The Morgan fingerprint density at radius 3 is 2.64 bits per heavy atom. The second kappa shape index (κ2) is 9.80. The van der Waals surface area contributed by atoms with Crippen molar-refractivity contribution in [2.24, 2.45) is 0 Å². The lowest BCUT2D eigenvalue weighted by molar-refractivity contribution is -0.131. The third-order valence-electron chi connectivity index (χ3n) is 4.43. The summed E-state index contributed by atoms with van der Waals surface area (Å²) in [6, 6.07) is 8.68. The molecule has 0 aliphatic carbocycles. The molecule has 2 heterocycles. The smallest absolute Gasteiger partial charge is 0.247 e. The zero-order valence-electron chi connectivity index (χ0n) is 14.6. The van der Waals surface area contributed by atoms with Crippen LogP contribution in [0.4, 0.5) is 5.69 Å². The van der Waals surface area contributed by atoms with E-state index in [9.17, 15) is 9.59 Å². The Labute approximate surface area is 194 Å². The van der Waals surface area contributed by atoms with Crippen LogP contribution in [0.1, 0.15) is 4.88 Å². The molecule has 3 rings (SSSR count). The number of nitrogens with one attached hydrogen (secondary N) is 1. The van der Waals surface area contributed by atoms with E-state index in [2.05, 4.69) is 37.2 Å². The van der Waals surface area contributed by atoms with Crippen LogP contribution in [-0.4, -0.2) is 46.1 Å². The summed E-state index contributed by atoms with van der Waals surface area (Å²) in [4.78, 5) is 30.1. The topological polar surface area (TPSA) is 52.7 Å². The van der Waals surface area contributed by atoms with Crippen LogP contribution in [0.2, 0.25) is 10.0 Å². The molecule has 5 nitrogen and oxygen atoms in total. The van der Waals surface area contributed by atoms with Gasteiger partial charge in [0.25, 0.3) is 0 Å². The fourth-order valence-electron chi connectivity index (χ4n) is 3.02. The van der Waals surface area contributed by atoms with Gasteiger partial charge in [-0.1, -0.05) is 61.1 Å². The molecule has 0 saturated carbocycles. The molecule has 0 bridgehead atoms. The number of thiophene rings is 1. The summed E-state index contributed by atoms with van der Waals surface area (Å²) in [5.41, 5.74) is 0.798. The van der Waals surface area contributed by atoms with Crippen molar-refractivity contribution in [2.45, 2.75) is 16.3 Å². The average Bonchev–Trinajstić information content (AvgIpc) is 3.20. The first-order valence-corrected chi connectivity index (χ1v) is 11.9. The molecule has 150 valence electrons. The van der Waals surface area contributed by atoms with E-state index in [4.69, 9.17) is 23.2 Å². The Morgan fingerprint density at radius 2 is 2.00 bits per heavy atom. The molecule has 10 heteroatoms. The largest absolute Gasteiger partial charge is 0.356 e. The molecule has 28 heavy (non-hydrogen) atoms. The quantitative estimate of drug-likeness (QED) is 0.539. The predicted molar refractivity (Wildman–Crippen MR) is 122 cm³/mol. The van der Waals surface area contributed by atoms with Crippen LogP contribution >= 0.6 is 66.4 Å². The van der Waals surface area contributed by atoms with Gasteiger partial charge in [-0.05, 0) is 29.6 Å². The number of rotatable bonds is 5. The van der Waals surface area contributed by atoms with Crippen LogP contribution in [0.5, 0.6) is 0 Å². The van der Waals surface area contributed by atoms with E-state index in [1.807, 2.05) is 28.5 Å². The van der Waals surface area contributed by atoms with Crippen molar-refractivity contribution >= 4 is 83.9 Å². The standard InChI is InChI=1S/C18H17Br2Cl2N3O2S/c19-16(20)18(27)24-5-6-25(11-3-4-13(21)14(22)8-11)15(10-24)17(26)23-9-12-2-1-7-28-12/h1-4,7-8,15-16H,5-6,9-10H2,(H,23,26)/t15-/m0/s1. The number of benzene rings is 1. The van der Waals surface area contributed by atoms with Crippen LogP contribution in [0.15, 0.2) is 35.7 Å². The van der Waals surface area contributed by atoms with E-state index in [1.54, 1.807) is 28.4 Å². The van der Waals surface area contributed by atoms with Gasteiger partial charge >= 0.3 is 0 Å². The minimum absolute atomic E-state index is 0.107. The van der Waals surface area contributed by atoms with E-state index in [-0.39, 0.29) is 18.4 Å². The summed E-state index contributed by atoms with van der Waals surface area (Å²) in [7, 11) is 0. The predicted octanol–water partition coefficient (Wildman–Crippen LogP) is 4.50. The van der Waals surface area contributed by atoms with Gasteiger partial charge in [0.15, 0.2) is 0 Å². The Bertz CT molecular complexity index is 851. The van der Waals surface area contributed by atoms with Gasteiger partial charge in [-0.2, -0.15) is 0 Å². The molecule has 1 aromatic carbocycles. The van der Waals surface area contributed by atoms with Gasteiger partial charge in [0.1, 0.15) is 9.78 Å². The van der Waals surface area contributed by atoms with Crippen molar-refractivity contribution in [3.05, 3.63) is 50.6 Å². The van der Waals surface area contributed by atoms with E-state index in [1.165, 1.54) is 0 Å². The van der Waals surface area contributed by atoms with Gasteiger partial charge in [-0.25, -0.2) is 0 Å². The van der Waals surface area contributed by atoms with Crippen LogP contribution < -0.4 is 10.2 Å². The van der Waals surface area contributed by atoms with Crippen molar-refractivity contribution in [1.82, 2.24) is 10.2 Å². The second-order valence-corrected chi connectivity index (χ2v) is 11.1. The number of carbonyl (C=O) groups is 2. The van der Waals surface area contributed by atoms with E-state index in [0.717, 1.165) is 10.6 Å². The van der Waals surface area contributed by atoms with Crippen LogP contribution in [0.3, 0.4) is 0 Å². The van der Waals surface area contributed by atoms with Crippen molar-refractivity contribution in [3.63, 3.8) is 0 Å². The number of carbonyl (C=O) groups excluding carboxylic acids is 2. The highest BCUT2D eigenvalue weighted by Crippen LogP contribution is 2.30. The Hall–Kier alpha value is -0.800. The van der Waals surface area contributed by atoms with Gasteiger partial charge in [0.2, 0.25) is 11.8 Å². The highest BCUT2D eigenvalue weighted by molar-refractivity contribution is 9.25. The molecule has 1 saturated heterocycles. The summed E-state index contributed by atoms with van der Waals surface area (Å²) in [6.45, 7) is 1.74. The minimum atomic E-state index is -0.534. The number of anilines is 1. The maximum Gasteiger partial charge on any atom is 0.247 e. The van der Waals surface area contributed by atoms with E-state index < -0.39 is 9.78 Å². The number of hydrogen-bond donors (Lipinski definition) is 1. The van der Waals surface area contributed by atoms with Crippen molar-refractivity contribution in [3.8, 4) is 0 Å². The summed E-state index contributed by atoms with van der Waals surface area (Å²) < 4.78 is -0.480. The molecule has 1 atom stereocenters. The lowest BCUT2D eigenvalue weighted by Crippen LogP contribution is -2.60. The highest BCUT2D eigenvalue weighted by Gasteiger charge is 2.35. The Kier molecular flexibility index (Phi) is 7.67. The van der Waals surface area contributed by atoms with Crippen LogP contribution in [0, 0.1) is 0 Å². The molecule has 2 aromatic rings. The molecule has 0 spiro atoms. The Balaban J connectivity index is 1.81. The number of hydrogen-bond acceptors (Lipinski definition) is 4. The van der Waals surface area contributed by atoms with Gasteiger partial charge < -0.3 is 15.1 Å². The first-order valence-electron chi connectivity index (χ1n) is 8.45. The third kappa shape index (κ3) is 5.21. The summed E-state index contributed by atoms with van der Waals surface area (Å²) in [6.07, 6.45) is 0. The molecule has 1 N–H and O–H groups in total. The number of nitrogens with zero attached hydrogens (tertiary/aromatic N) is 2. The zero-order valence-corrected chi connectivity index (χ0v) is 20.1. The third-order valence-corrected chi connectivity index (χ3v) is 6.83. The van der Waals surface area contributed by atoms with Crippen molar-refractivity contribution < 1.29 is 9.59 Å². The number of amides is 2. The average molecular weight is 570 g/mol. The fourth-order valence-corrected chi connectivity index (χ4v) is 4.54. The number of piperazine rings is 1.